The molecule has 1 rings (SSSR count). The summed E-state index contributed by atoms with van der Waals surface area (Å²) in [6.07, 6.45) is 17.1. The summed E-state index contributed by atoms with van der Waals surface area (Å²) in [7, 11) is 0. The molecule has 384 valence electrons. The van der Waals surface area contributed by atoms with Crippen LogP contribution < -0.4 is 0 Å². The van der Waals surface area contributed by atoms with Gasteiger partial charge in [0.1, 0.15) is 0 Å². The van der Waals surface area contributed by atoms with E-state index in [4.69, 9.17) is 28.4 Å². The number of carbonyl (C=O) groups excluding carboxylic acids is 6. The van der Waals surface area contributed by atoms with Gasteiger partial charge >= 0.3 is 35.8 Å². The van der Waals surface area contributed by atoms with E-state index in [1.807, 2.05) is 0 Å². The highest BCUT2D eigenvalue weighted by Gasteiger charge is 2.61. The van der Waals surface area contributed by atoms with Gasteiger partial charge in [-0.15, -0.1) is 0 Å². The van der Waals surface area contributed by atoms with Gasteiger partial charge < -0.3 is 28.4 Å². The van der Waals surface area contributed by atoms with Crippen molar-refractivity contribution in [2.75, 3.05) is 0 Å². The average Bonchev–Trinajstić information content (AvgIpc) is 3.29. The number of esters is 6. The largest absolute Gasteiger partial charge is 0.454 e. The zero-order valence-electron chi connectivity index (χ0n) is 42.8. The molecule has 0 aliphatic heterocycles. The Hall–Kier alpha value is -3.18. The Morgan fingerprint density at radius 1 is 0.212 bits per heavy atom. The molecule has 0 bridgehead atoms. The van der Waals surface area contributed by atoms with Crippen molar-refractivity contribution >= 4 is 35.8 Å². The molecule has 0 heterocycles. The maximum atomic E-state index is 13.9. The molecule has 1 fully saturated rings. The molecule has 0 unspecified atom stereocenters. The van der Waals surface area contributed by atoms with Gasteiger partial charge in [0, 0.05) is 38.5 Å². The minimum atomic E-state index is -1.55. The Bertz CT molecular complexity index is 1030. The maximum Gasteiger partial charge on any atom is 0.306 e. The normalized spacial score (nSPS) is 19.2. The lowest BCUT2D eigenvalue weighted by Gasteiger charge is -2.47. The second-order valence-electron chi connectivity index (χ2n) is 18.7. The van der Waals surface area contributed by atoms with Gasteiger partial charge in [0.2, 0.25) is 0 Å². The van der Waals surface area contributed by atoms with Crippen molar-refractivity contribution in [2.45, 2.75) is 309 Å². The molecule has 66 heavy (non-hydrogen) atoms. The van der Waals surface area contributed by atoms with E-state index in [-0.39, 0.29) is 38.5 Å². The summed E-state index contributed by atoms with van der Waals surface area (Å²) in [6, 6.07) is 0. The van der Waals surface area contributed by atoms with Gasteiger partial charge in [0.25, 0.3) is 0 Å². The standard InChI is InChI=1S/C54H96O12/c1-7-13-19-25-31-37-43(55)61-49-50(62-44(56)38-32-26-20-14-8-2)52(64-46(58)40-34-28-22-16-10-4)54(66-48(60)42-36-30-24-18-12-6)53(65-47(59)41-35-29-23-17-11-5)51(49)63-45(57)39-33-27-21-15-9-3/h49-54H,7-42H2,1-6H3. The number of ether oxygens (including phenoxy) is 6. The van der Waals surface area contributed by atoms with Gasteiger partial charge in [-0.2, -0.15) is 0 Å². The molecule has 0 radical (unpaired) electrons. The molecule has 0 N–H and O–H groups in total. The highest BCUT2D eigenvalue weighted by atomic mass is 16.7. The lowest BCUT2D eigenvalue weighted by molar-refractivity contribution is -0.262. The smallest absolute Gasteiger partial charge is 0.306 e. The van der Waals surface area contributed by atoms with E-state index < -0.39 is 72.4 Å². The molecular formula is C54H96O12. The van der Waals surface area contributed by atoms with Crippen molar-refractivity contribution in [3.05, 3.63) is 0 Å². The average molecular weight is 937 g/mol. The molecule has 1 aliphatic rings. The molecule has 0 spiro atoms. The van der Waals surface area contributed by atoms with E-state index in [0.29, 0.717) is 38.5 Å². The third-order valence-electron chi connectivity index (χ3n) is 12.5. The van der Waals surface area contributed by atoms with Crippen molar-refractivity contribution < 1.29 is 57.2 Å². The zero-order valence-corrected chi connectivity index (χ0v) is 42.8. The first kappa shape index (κ1) is 60.8. The first-order valence-electron chi connectivity index (χ1n) is 27.2. The number of hydrogen-bond acceptors (Lipinski definition) is 12. The van der Waals surface area contributed by atoms with E-state index in [0.717, 1.165) is 154 Å². The highest BCUT2D eigenvalue weighted by Crippen LogP contribution is 2.36. The number of rotatable bonds is 42. The van der Waals surface area contributed by atoms with E-state index in [9.17, 15) is 28.8 Å². The molecule has 0 aromatic carbocycles. The second-order valence-corrected chi connectivity index (χ2v) is 18.7. The van der Waals surface area contributed by atoms with Crippen molar-refractivity contribution in [1.29, 1.82) is 0 Å². The fourth-order valence-electron chi connectivity index (χ4n) is 8.43. The van der Waals surface area contributed by atoms with Gasteiger partial charge in [0.15, 0.2) is 36.6 Å². The topological polar surface area (TPSA) is 158 Å². The van der Waals surface area contributed by atoms with E-state index >= 15 is 0 Å². The summed E-state index contributed by atoms with van der Waals surface area (Å²) in [5.74, 6) is -3.74. The van der Waals surface area contributed by atoms with Crippen LogP contribution in [0.3, 0.4) is 0 Å². The van der Waals surface area contributed by atoms with Crippen molar-refractivity contribution in [1.82, 2.24) is 0 Å². The van der Waals surface area contributed by atoms with Crippen molar-refractivity contribution in [2.24, 2.45) is 0 Å². The molecule has 12 nitrogen and oxygen atoms in total. The quantitative estimate of drug-likeness (QED) is 0.0324. The van der Waals surface area contributed by atoms with E-state index in [1.165, 1.54) is 0 Å². The van der Waals surface area contributed by atoms with Crippen LogP contribution in [0.15, 0.2) is 0 Å². The SMILES string of the molecule is CCCCCCCC(=O)OC1C(OC(=O)CCCCCCC)C(OC(=O)CCCCCCC)C(OC(=O)CCCCCCC)C(OC(=O)CCCCCCC)C1OC(=O)CCCCCCC. The second kappa shape index (κ2) is 40.8. The lowest BCUT2D eigenvalue weighted by atomic mass is 9.83. The molecular weight excluding hydrogens is 841 g/mol. The van der Waals surface area contributed by atoms with Crippen LogP contribution in [-0.4, -0.2) is 72.4 Å². The molecule has 1 aliphatic carbocycles. The first-order valence-corrected chi connectivity index (χ1v) is 27.2. The number of carbonyl (C=O) groups is 6. The van der Waals surface area contributed by atoms with Crippen LogP contribution in [0.4, 0.5) is 0 Å². The molecule has 0 aromatic heterocycles. The van der Waals surface area contributed by atoms with Crippen molar-refractivity contribution in [3.63, 3.8) is 0 Å². The molecule has 0 atom stereocenters. The summed E-state index contributed by atoms with van der Waals surface area (Å²) in [5.41, 5.74) is 0. The van der Waals surface area contributed by atoms with Gasteiger partial charge in [-0.3, -0.25) is 28.8 Å². The third kappa shape index (κ3) is 28.9. The van der Waals surface area contributed by atoms with Gasteiger partial charge in [0.05, 0.1) is 0 Å². The summed E-state index contributed by atoms with van der Waals surface area (Å²) < 4.78 is 37.5. The molecule has 0 saturated heterocycles. The van der Waals surface area contributed by atoms with Gasteiger partial charge in [-0.25, -0.2) is 0 Å². The number of unbranched alkanes of at least 4 members (excludes halogenated alkanes) is 24. The predicted molar refractivity (Wildman–Crippen MR) is 260 cm³/mol. The Morgan fingerprint density at radius 2 is 0.333 bits per heavy atom. The monoisotopic (exact) mass is 937 g/mol. The summed E-state index contributed by atoms with van der Waals surface area (Å²) in [6.45, 7) is 12.7. The fourth-order valence-corrected chi connectivity index (χ4v) is 8.43. The van der Waals surface area contributed by atoms with Crippen molar-refractivity contribution in [3.8, 4) is 0 Å². The highest BCUT2D eigenvalue weighted by molar-refractivity contribution is 5.74. The first-order chi connectivity index (χ1) is 32.1. The zero-order chi connectivity index (χ0) is 48.6. The van der Waals surface area contributed by atoms with Crippen LogP contribution in [0.2, 0.25) is 0 Å². The summed E-state index contributed by atoms with van der Waals surface area (Å²) in [4.78, 5) is 83.5. The Kier molecular flexibility index (Phi) is 37.7. The van der Waals surface area contributed by atoms with Crippen LogP contribution in [0.1, 0.15) is 273 Å². The summed E-state index contributed by atoms with van der Waals surface area (Å²) in [5, 5.41) is 0. The van der Waals surface area contributed by atoms with Gasteiger partial charge in [-0.1, -0.05) is 196 Å². The molecule has 0 aromatic rings. The molecule has 0 amide bonds. The molecule has 1 saturated carbocycles. The Balaban J connectivity index is 3.97. The van der Waals surface area contributed by atoms with Gasteiger partial charge in [-0.05, 0) is 38.5 Å². The van der Waals surface area contributed by atoms with E-state index in [1.54, 1.807) is 0 Å². The predicted octanol–water partition coefficient (Wildman–Crippen LogP) is 13.6. The van der Waals surface area contributed by atoms with Crippen LogP contribution in [0.5, 0.6) is 0 Å². The van der Waals surface area contributed by atoms with E-state index in [2.05, 4.69) is 41.5 Å². The maximum absolute atomic E-state index is 13.9. The van der Waals surface area contributed by atoms with Crippen LogP contribution >= 0.6 is 0 Å². The third-order valence-corrected chi connectivity index (χ3v) is 12.5. The minimum absolute atomic E-state index is 0.0390. The van der Waals surface area contributed by atoms with Crippen LogP contribution in [0, 0.1) is 0 Å². The summed E-state index contributed by atoms with van der Waals surface area (Å²) >= 11 is 0. The lowest BCUT2D eigenvalue weighted by Crippen LogP contribution is -2.69. The Morgan fingerprint density at radius 3 is 0.455 bits per heavy atom. The minimum Gasteiger partial charge on any atom is -0.454 e. The Labute approximate surface area is 401 Å². The van der Waals surface area contributed by atoms with Crippen LogP contribution in [-0.2, 0) is 57.2 Å². The van der Waals surface area contributed by atoms with Crippen LogP contribution in [0.25, 0.3) is 0 Å². The molecule has 12 heteroatoms. The fraction of sp³-hybridized carbons (Fsp3) is 0.889. The number of hydrogen-bond donors (Lipinski definition) is 0.